The maximum atomic E-state index is 13.2. The maximum absolute atomic E-state index is 13.2. The van der Waals surface area contributed by atoms with Gasteiger partial charge in [-0.15, -0.1) is 0 Å². The van der Waals surface area contributed by atoms with Crippen molar-refractivity contribution in [2.75, 3.05) is 13.2 Å². The summed E-state index contributed by atoms with van der Waals surface area (Å²) in [6, 6.07) is 0. The van der Waals surface area contributed by atoms with Crippen molar-refractivity contribution < 1.29 is 58.2 Å². The Hall–Kier alpha value is -5.40. The first-order valence-corrected chi connectivity index (χ1v) is 31.8. The van der Waals surface area contributed by atoms with Crippen molar-refractivity contribution >= 4 is 23.9 Å². The van der Waals surface area contributed by atoms with Crippen LogP contribution in [0.5, 0.6) is 0 Å². The summed E-state index contributed by atoms with van der Waals surface area (Å²) in [6.07, 6.45) is 69.5. The summed E-state index contributed by atoms with van der Waals surface area (Å²) < 4.78 is 28.4. The molecule has 0 radical (unpaired) electrons. The van der Waals surface area contributed by atoms with E-state index in [1.165, 1.54) is 0 Å². The molecule has 0 saturated carbocycles. The molecule has 1 aliphatic heterocycles. The predicted octanol–water partition coefficient (Wildman–Crippen LogP) is 17.1. The largest absolute Gasteiger partial charge is 0.479 e. The third-order valence-electron chi connectivity index (χ3n) is 13.4. The number of hydrogen-bond acceptors (Lipinski definition) is 11. The zero-order valence-corrected chi connectivity index (χ0v) is 51.4. The molecular weight excluding hydrogens is 1040 g/mol. The lowest BCUT2D eigenvalue weighted by molar-refractivity contribution is -0.301. The Labute approximate surface area is 502 Å². The fourth-order valence-corrected chi connectivity index (χ4v) is 8.63. The van der Waals surface area contributed by atoms with E-state index < -0.39 is 67.3 Å². The van der Waals surface area contributed by atoms with E-state index >= 15 is 0 Å². The van der Waals surface area contributed by atoms with Crippen molar-refractivity contribution in [3.63, 3.8) is 0 Å². The average molecular weight is 1160 g/mol. The second-order valence-corrected chi connectivity index (χ2v) is 20.9. The van der Waals surface area contributed by atoms with Crippen molar-refractivity contribution in [1.82, 2.24) is 0 Å². The number of hydrogen-bond donors (Lipinski definition) is 3. The molecule has 0 amide bonds. The number of carbonyl (C=O) groups excluding carboxylic acids is 3. The van der Waals surface area contributed by atoms with Gasteiger partial charge in [0.15, 0.2) is 24.6 Å². The van der Waals surface area contributed by atoms with Crippen molar-refractivity contribution in [3.8, 4) is 0 Å². The second-order valence-electron chi connectivity index (χ2n) is 20.9. The molecular formula is C71H110O12. The molecule has 83 heavy (non-hydrogen) atoms. The van der Waals surface area contributed by atoms with E-state index in [-0.39, 0.29) is 25.9 Å². The molecule has 0 aromatic heterocycles. The number of carboxylic acid groups (broad SMARTS) is 1. The molecule has 1 rings (SSSR count). The van der Waals surface area contributed by atoms with Crippen LogP contribution < -0.4 is 0 Å². The Bertz CT molecular complexity index is 2000. The quantitative estimate of drug-likeness (QED) is 0.0228. The molecule has 1 fully saturated rings. The number of unbranched alkanes of at least 4 members (excludes halogenated alkanes) is 14. The van der Waals surface area contributed by atoms with Crippen LogP contribution in [0.2, 0.25) is 0 Å². The van der Waals surface area contributed by atoms with Gasteiger partial charge < -0.3 is 39.0 Å². The van der Waals surface area contributed by atoms with Gasteiger partial charge in [0.05, 0.1) is 6.61 Å². The number of allylic oxidation sites excluding steroid dienone is 24. The highest BCUT2D eigenvalue weighted by molar-refractivity contribution is 5.74. The third-order valence-corrected chi connectivity index (χ3v) is 13.4. The first-order chi connectivity index (χ1) is 40.6. The fourth-order valence-electron chi connectivity index (χ4n) is 8.63. The van der Waals surface area contributed by atoms with E-state index in [2.05, 4.69) is 167 Å². The monoisotopic (exact) mass is 1150 g/mol. The van der Waals surface area contributed by atoms with Gasteiger partial charge in [0.2, 0.25) is 0 Å². The van der Waals surface area contributed by atoms with Crippen LogP contribution >= 0.6 is 0 Å². The standard InChI is InChI=1S/C71H110O12/c1-4-7-10-13-16-19-22-25-28-30-32-34-37-39-42-45-48-51-54-57-63(72)79-60-62(81-64(73)58-55-52-49-46-43-41-38-35-33-31-29-26-23-20-17-14-11-8-5-2)61-80-71-69(67(76)66(75)68(83-71)70(77)78)82-65(74)59-56-53-50-47-44-40-36-27-24-21-18-15-12-9-6-3/h7-12,16-21,25-29,32-36,44,47,62,66-69,71,75-76H,4-6,13-15,22-24,30-31,37-43,45-46,48-61H2,1-3H3,(H,77,78)/b10-7-,11-8-,12-9-,19-16-,20-17-,21-18-,28-25-,29-26-,34-32-,35-33-,36-27-,47-44-. The van der Waals surface area contributed by atoms with Gasteiger partial charge in [-0.05, 0) is 135 Å². The highest BCUT2D eigenvalue weighted by Crippen LogP contribution is 2.26. The van der Waals surface area contributed by atoms with E-state index in [0.717, 1.165) is 161 Å². The Morgan fingerprint density at radius 3 is 1.12 bits per heavy atom. The topological polar surface area (TPSA) is 175 Å². The second kappa shape index (κ2) is 57.1. The van der Waals surface area contributed by atoms with E-state index in [1.54, 1.807) is 0 Å². The summed E-state index contributed by atoms with van der Waals surface area (Å²) in [4.78, 5) is 51.3. The summed E-state index contributed by atoms with van der Waals surface area (Å²) in [5, 5.41) is 31.6. The highest BCUT2D eigenvalue weighted by Gasteiger charge is 2.50. The lowest BCUT2D eigenvalue weighted by Gasteiger charge is -2.40. The molecule has 0 aromatic carbocycles. The average Bonchev–Trinajstić information content (AvgIpc) is 3.58. The van der Waals surface area contributed by atoms with Crippen LogP contribution in [0.4, 0.5) is 0 Å². The number of rotatable bonds is 52. The molecule has 1 aliphatic rings. The van der Waals surface area contributed by atoms with Crippen LogP contribution in [0.3, 0.4) is 0 Å². The van der Waals surface area contributed by atoms with Gasteiger partial charge >= 0.3 is 23.9 Å². The van der Waals surface area contributed by atoms with Crippen LogP contribution in [0.1, 0.15) is 226 Å². The minimum Gasteiger partial charge on any atom is -0.479 e. The zero-order valence-electron chi connectivity index (χ0n) is 51.4. The number of aliphatic hydroxyl groups is 2. The molecule has 3 N–H and O–H groups in total. The molecule has 1 saturated heterocycles. The van der Waals surface area contributed by atoms with Gasteiger partial charge in [0.25, 0.3) is 0 Å². The number of aliphatic hydroxyl groups excluding tert-OH is 2. The first-order valence-electron chi connectivity index (χ1n) is 31.8. The first kappa shape index (κ1) is 75.6. The predicted molar refractivity (Wildman–Crippen MR) is 339 cm³/mol. The highest BCUT2D eigenvalue weighted by atomic mass is 16.7. The maximum Gasteiger partial charge on any atom is 0.335 e. The molecule has 0 spiro atoms. The van der Waals surface area contributed by atoms with Crippen molar-refractivity contribution in [2.24, 2.45) is 0 Å². The number of carbonyl (C=O) groups is 4. The van der Waals surface area contributed by atoms with Gasteiger partial charge in [-0.1, -0.05) is 218 Å². The number of aliphatic carboxylic acids is 1. The molecule has 6 atom stereocenters. The molecule has 466 valence electrons. The normalized spacial score (nSPS) is 18.6. The summed E-state index contributed by atoms with van der Waals surface area (Å²) in [7, 11) is 0. The number of carboxylic acids is 1. The van der Waals surface area contributed by atoms with E-state index in [9.17, 15) is 34.5 Å². The lowest BCUT2D eigenvalue weighted by atomic mass is 9.98. The van der Waals surface area contributed by atoms with E-state index in [0.29, 0.717) is 25.7 Å². The minimum absolute atomic E-state index is 0.00316. The number of esters is 3. The van der Waals surface area contributed by atoms with Gasteiger partial charge in [0.1, 0.15) is 18.8 Å². The van der Waals surface area contributed by atoms with Crippen LogP contribution in [-0.2, 0) is 42.9 Å². The molecule has 1 heterocycles. The van der Waals surface area contributed by atoms with Gasteiger partial charge in [-0.3, -0.25) is 14.4 Å². The molecule has 12 nitrogen and oxygen atoms in total. The smallest absolute Gasteiger partial charge is 0.335 e. The summed E-state index contributed by atoms with van der Waals surface area (Å²) in [5.41, 5.74) is 0. The third kappa shape index (κ3) is 46.6. The molecule has 0 aliphatic carbocycles. The van der Waals surface area contributed by atoms with Crippen LogP contribution in [-0.4, -0.2) is 89.2 Å². The van der Waals surface area contributed by atoms with Crippen molar-refractivity contribution in [2.45, 2.75) is 263 Å². The Morgan fingerprint density at radius 1 is 0.398 bits per heavy atom. The van der Waals surface area contributed by atoms with Crippen molar-refractivity contribution in [1.29, 1.82) is 0 Å². The minimum atomic E-state index is -1.93. The zero-order chi connectivity index (χ0) is 60.3. The molecule has 6 unspecified atom stereocenters. The lowest BCUT2D eigenvalue weighted by Crippen LogP contribution is -2.61. The van der Waals surface area contributed by atoms with Crippen molar-refractivity contribution in [3.05, 3.63) is 146 Å². The van der Waals surface area contributed by atoms with Gasteiger partial charge in [0, 0.05) is 19.3 Å². The van der Waals surface area contributed by atoms with Gasteiger partial charge in [-0.2, -0.15) is 0 Å². The molecule has 0 aromatic rings. The number of ether oxygens (including phenoxy) is 5. The Morgan fingerprint density at radius 2 is 0.723 bits per heavy atom. The van der Waals surface area contributed by atoms with Gasteiger partial charge in [-0.25, -0.2) is 4.79 Å². The van der Waals surface area contributed by atoms with Crippen LogP contribution in [0.15, 0.2) is 146 Å². The summed E-state index contributed by atoms with van der Waals surface area (Å²) in [6.45, 7) is 5.61. The fraction of sp³-hybridized carbons (Fsp3) is 0.606. The van der Waals surface area contributed by atoms with E-state index in [1.807, 2.05) is 0 Å². The van der Waals surface area contributed by atoms with Crippen LogP contribution in [0, 0.1) is 0 Å². The van der Waals surface area contributed by atoms with Crippen LogP contribution in [0.25, 0.3) is 0 Å². The molecule has 12 heteroatoms. The Balaban J connectivity index is 2.72. The summed E-state index contributed by atoms with van der Waals surface area (Å²) in [5.74, 6) is -3.23. The SMILES string of the molecule is CC/C=C\C/C=C\C/C=C\C/C=C\CCCCCCCCC(=O)OCC(COC1OC(C(=O)O)C(O)C(O)C1OC(=O)CCCC/C=C\C/C=C\C/C=C\C/C=C\CC)OC(=O)CCCCCCCC/C=C\C/C=C\C/C=C\C/C=C\CC. The van der Waals surface area contributed by atoms with E-state index in [4.69, 9.17) is 23.7 Å². The Kier molecular flexibility index (Phi) is 52.0. The summed E-state index contributed by atoms with van der Waals surface area (Å²) >= 11 is 0. The molecule has 0 bridgehead atoms.